The van der Waals surface area contributed by atoms with Crippen LogP contribution < -0.4 is 14.8 Å². The molecule has 2 aromatic carbocycles. The molecular formula is C21H28N2O5S. The maximum atomic E-state index is 12.3. The van der Waals surface area contributed by atoms with E-state index < -0.39 is 10.0 Å². The van der Waals surface area contributed by atoms with Crippen LogP contribution >= 0.6 is 0 Å². The number of nitrogens with one attached hydrogen (secondary N) is 1. The number of ether oxygens (including phenoxy) is 2. The second-order valence-electron chi connectivity index (χ2n) is 6.64. The molecule has 0 atom stereocenters. The van der Waals surface area contributed by atoms with Crippen molar-refractivity contribution in [3.05, 3.63) is 48.0 Å². The molecule has 0 heterocycles. The molecule has 0 aromatic heterocycles. The lowest BCUT2D eigenvalue weighted by molar-refractivity contribution is -0.116. The Bertz CT molecular complexity index is 942. The van der Waals surface area contributed by atoms with Gasteiger partial charge in [0.15, 0.2) is 11.5 Å². The number of para-hydroxylation sites is 2. The van der Waals surface area contributed by atoms with E-state index in [4.69, 9.17) is 9.47 Å². The fraction of sp³-hybridized carbons (Fsp3) is 0.381. The van der Waals surface area contributed by atoms with Gasteiger partial charge < -0.3 is 14.8 Å². The number of aryl methyl sites for hydroxylation is 1. The zero-order chi connectivity index (χ0) is 21.4. The van der Waals surface area contributed by atoms with E-state index in [0.717, 1.165) is 9.87 Å². The third-order valence-electron chi connectivity index (χ3n) is 4.22. The van der Waals surface area contributed by atoms with Crippen LogP contribution in [-0.4, -0.2) is 45.9 Å². The molecule has 0 aliphatic rings. The minimum absolute atomic E-state index is 0.138. The lowest BCUT2D eigenvalue weighted by atomic mass is 10.2. The lowest BCUT2D eigenvalue weighted by Gasteiger charge is -2.14. The van der Waals surface area contributed by atoms with Crippen LogP contribution in [0.3, 0.4) is 0 Å². The number of benzene rings is 2. The third-order valence-corrected chi connectivity index (χ3v) is 6.03. The van der Waals surface area contributed by atoms with E-state index in [1.165, 1.54) is 26.2 Å². The highest BCUT2D eigenvalue weighted by atomic mass is 32.2. The zero-order valence-electron chi connectivity index (χ0n) is 17.3. The molecule has 0 saturated heterocycles. The number of anilines is 1. The van der Waals surface area contributed by atoms with Crippen molar-refractivity contribution in [1.29, 1.82) is 0 Å². The topological polar surface area (TPSA) is 84.9 Å². The van der Waals surface area contributed by atoms with Gasteiger partial charge in [0.05, 0.1) is 18.1 Å². The summed E-state index contributed by atoms with van der Waals surface area (Å²) < 4.78 is 36.9. The van der Waals surface area contributed by atoms with Crippen molar-refractivity contribution in [3.63, 3.8) is 0 Å². The van der Waals surface area contributed by atoms with Crippen molar-refractivity contribution in [2.24, 2.45) is 0 Å². The Kier molecular flexibility index (Phi) is 8.04. The van der Waals surface area contributed by atoms with Crippen LogP contribution in [0.15, 0.2) is 47.4 Å². The molecule has 0 fully saturated rings. The summed E-state index contributed by atoms with van der Waals surface area (Å²) in [5.41, 5.74) is 1.28. The second-order valence-corrected chi connectivity index (χ2v) is 8.80. The number of rotatable bonds is 10. The van der Waals surface area contributed by atoms with E-state index in [9.17, 15) is 13.2 Å². The number of hydrogen-bond acceptors (Lipinski definition) is 5. The first-order valence-corrected chi connectivity index (χ1v) is 10.9. The Balaban J connectivity index is 1.92. The monoisotopic (exact) mass is 420 g/mol. The zero-order valence-corrected chi connectivity index (χ0v) is 18.1. The van der Waals surface area contributed by atoms with Gasteiger partial charge in [0.1, 0.15) is 0 Å². The Labute approximate surface area is 172 Å². The normalized spacial score (nSPS) is 11.3. The highest BCUT2D eigenvalue weighted by molar-refractivity contribution is 7.89. The van der Waals surface area contributed by atoms with Crippen LogP contribution in [0, 0.1) is 6.92 Å². The highest BCUT2D eigenvalue weighted by Gasteiger charge is 2.18. The van der Waals surface area contributed by atoms with Crippen LogP contribution in [0.5, 0.6) is 11.5 Å². The Morgan fingerprint density at radius 1 is 1.07 bits per heavy atom. The van der Waals surface area contributed by atoms with Gasteiger partial charge >= 0.3 is 0 Å². The van der Waals surface area contributed by atoms with Crippen LogP contribution in [0.25, 0.3) is 0 Å². The van der Waals surface area contributed by atoms with Gasteiger partial charge in [0.2, 0.25) is 15.9 Å². The second kappa shape index (κ2) is 10.3. The van der Waals surface area contributed by atoms with E-state index in [1.54, 1.807) is 6.07 Å². The van der Waals surface area contributed by atoms with Crippen LogP contribution in [0.1, 0.15) is 25.3 Å². The van der Waals surface area contributed by atoms with E-state index in [1.807, 2.05) is 38.1 Å². The minimum Gasteiger partial charge on any atom is -0.490 e. The molecule has 0 unspecified atom stereocenters. The first-order chi connectivity index (χ1) is 13.8. The molecule has 1 amide bonds. The quantitative estimate of drug-likeness (QED) is 0.595. The summed E-state index contributed by atoms with van der Waals surface area (Å²) in [6.07, 6.45) is 0.766. The average molecular weight is 421 g/mol. The summed E-state index contributed by atoms with van der Waals surface area (Å²) in [6, 6.07) is 12.1. The predicted molar refractivity (Wildman–Crippen MR) is 113 cm³/mol. The number of nitrogens with zero attached hydrogens (tertiary/aromatic N) is 1. The number of amides is 1. The summed E-state index contributed by atoms with van der Waals surface area (Å²) in [4.78, 5) is 12.4. The van der Waals surface area contributed by atoms with Crippen molar-refractivity contribution in [3.8, 4) is 11.5 Å². The van der Waals surface area contributed by atoms with Crippen LogP contribution in [0.2, 0.25) is 0 Å². The van der Waals surface area contributed by atoms with Crippen molar-refractivity contribution >= 4 is 21.6 Å². The van der Waals surface area contributed by atoms with Gasteiger partial charge in [-0.05, 0) is 50.1 Å². The first kappa shape index (κ1) is 22.7. The summed E-state index contributed by atoms with van der Waals surface area (Å²) in [5, 5.41) is 2.79. The molecule has 158 valence electrons. The third kappa shape index (κ3) is 6.20. The van der Waals surface area contributed by atoms with Gasteiger partial charge in [-0.1, -0.05) is 18.2 Å². The maximum Gasteiger partial charge on any atom is 0.242 e. The lowest BCUT2D eigenvalue weighted by Crippen LogP contribution is -2.22. The highest BCUT2D eigenvalue weighted by Crippen LogP contribution is 2.26. The fourth-order valence-electron chi connectivity index (χ4n) is 2.58. The molecular weight excluding hydrogens is 392 g/mol. The molecule has 0 bridgehead atoms. The Morgan fingerprint density at radius 2 is 1.72 bits per heavy atom. The van der Waals surface area contributed by atoms with Crippen molar-refractivity contribution in [2.45, 2.75) is 31.6 Å². The van der Waals surface area contributed by atoms with Crippen molar-refractivity contribution in [1.82, 2.24) is 4.31 Å². The van der Waals surface area contributed by atoms with E-state index in [0.29, 0.717) is 36.8 Å². The van der Waals surface area contributed by atoms with Gasteiger partial charge in [-0.15, -0.1) is 0 Å². The van der Waals surface area contributed by atoms with Gasteiger partial charge in [0, 0.05) is 26.2 Å². The number of carbonyl (C=O) groups excluding carboxylic acids is 1. The van der Waals surface area contributed by atoms with Crippen LogP contribution in [0.4, 0.5) is 5.69 Å². The number of carbonyl (C=O) groups is 1. The molecule has 2 rings (SSSR count). The first-order valence-electron chi connectivity index (χ1n) is 9.43. The molecule has 0 radical (unpaired) electrons. The van der Waals surface area contributed by atoms with Gasteiger partial charge in [-0.3, -0.25) is 4.79 Å². The number of sulfonamides is 1. The van der Waals surface area contributed by atoms with Crippen molar-refractivity contribution < 1.29 is 22.7 Å². The minimum atomic E-state index is -3.56. The predicted octanol–water partition coefficient (Wildman–Crippen LogP) is 3.44. The Hall–Kier alpha value is -2.58. The molecule has 29 heavy (non-hydrogen) atoms. The Morgan fingerprint density at radius 3 is 2.34 bits per heavy atom. The molecule has 0 saturated carbocycles. The molecule has 0 aliphatic carbocycles. The maximum absolute atomic E-state index is 12.3. The van der Waals surface area contributed by atoms with E-state index in [-0.39, 0.29) is 17.2 Å². The van der Waals surface area contributed by atoms with E-state index >= 15 is 0 Å². The van der Waals surface area contributed by atoms with Crippen LogP contribution in [-0.2, 0) is 14.8 Å². The largest absolute Gasteiger partial charge is 0.490 e. The van der Waals surface area contributed by atoms with E-state index in [2.05, 4.69) is 5.32 Å². The molecule has 0 aliphatic heterocycles. The smallest absolute Gasteiger partial charge is 0.242 e. The molecule has 8 heteroatoms. The molecule has 0 spiro atoms. The van der Waals surface area contributed by atoms with Gasteiger partial charge in [0.25, 0.3) is 0 Å². The average Bonchev–Trinajstić information content (AvgIpc) is 2.68. The molecule has 7 nitrogen and oxygen atoms in total. The molecule has 1 N–H and O–H groups in total. The SMILES string of the molecule is CCOc1ccccc1OCCCC(=O)Nc1cc(S(=O)(=O)N(C)C)ccc1C. The fourth-order valence-corrected chi connectivity index (χ4v) is 3.51. The summed E-state index contributed by atoms with van der Waals surface area (Å²) >= 11 is 0. The van der Waals surface area contributed by atoms with Gasteiger partial charge in [-0.25, -0.2) is 12.7 Å². The standard InChI is InChI=1S/C21H28N2O5S/c1-5-27-19-9-6-7-10-20(19)28-14-8-11-21(24)22-18-15-17(13-12-16(18)2)29(25,26)23(3)4/h6-7,9-10,12-13,15H,5,8,11,14H2,1-4H3,(H,22,24). The van der Waals surface area contributed by atoms with Gasteiger partial charge in [-0.2, -0.15) is 0 Å². The summed E-state index contributed by atoms with van der Waals surface area (Å²) in [7, 11) is -0.623. The summed E-state index contributed by atoms with van der Waals surface area (Å²) in [5.74, 6) is 1.12. The number of hydrogen-bond donors (Lipinski definition) is 1. The van der Waals surface area contributed by atoms with Crippen molar-refractivity contribution in [2.75, 3.05) is 32.6 Å². The molecule has 2 aromatic rings. The summed E-state index contributed by atoms with van der Waals surface area (Å²) in [6.45, 7) is 4.63.